The molecule has 2 saturated heterocycles. The van der Waals surface area contributed by atoms with E-state index in [0.717, 1.165) is 44.8 Å². The van der Waals surface area contributed by atoms with Crippen LogP contribution in [0.3, 0.4) is 0 Å². The molecule has 2 heterocycles. The van der Waals surface area contributed by atoms with Crippen LogP contribution >= 0.6 is 0 Å². The second kappa shape index (κ2) is 10.9. The van der Waals surface area contributed by atoms with Crippen LogP contribution in [0.25, 0.3) is 0 Å². The van der Waals surface area contributed by atoms with Gasteiger partial charge in [0.2, 0.25) is 5.91 Å². The minimum Gasteiger partial charge on any atom is -0.497 e. The summed E-state index contributed by atoms with van der Waals surface area (Å²) >= 11 is 0. The van der Waals surface area contributed by atoms with Gasteiger partial charge in [0.25, 0.3) is 5.91 Å². The number of piperazine rings is 1. The maximum Gasteiger partial charge on any atom is 0.254 e. The van der Waals surface area contributed by atoms with Gasteiger partial charge in [-0.15, -0.1) is 0 Å². The van der Waals surface area contributed by atoms with Crippen molar-refractivity contribution in [2.24, 2.45) is 5.41 Å². The molecular weight excluding hydrogens is 430 g/mol. The topological polar surface area (TPSA) is 62.3 Å². The first-order valence-electron chi connectivity index (χ1n) is 12.1. The number of ether oxygens (including phenoxy) is 2. The largest absolute Gasteiger partial charge is 0.497 e. The third-order valence-corrected chi connectivity index (χ3v) is 6.94. The van der Waals surface area contributed by atoms with Crippen molar-refractivity contribution in [2.45, 2.75) is 19.3 Å². The second-order valence-corrected chi connectivity index (χ2v) is 9.52. The Morgan fingerprint density at radius 1 is 0.912 bits per heavy atom. The highest BCUT2D eigenvalue weighted by Gasteiger charge is 2.41. The van der Waals surface area contributed by atoms with Gasteiger partial charge >= 0.3 is 0 Å². The van der Waals surface area contributed by atoms with E-state index in [1.807, 2.05) is 58.3 Å². The van der Waals surface area contributed by atoms with Crippen molar-refractivity contribution in [3.05, 3.63) is 60.2 Å². The van der Waals surface area contributed by atoms with Gasteiger partial charge in [0, 0.05) is 56.7 Å². The molecule has 2 aliphatic rings. The number of amides is 2. The Bertz CT molecular complexity index is 975. The molecule has 0 aliphatic carbocycles. The summed E-state index contributed by atoms with van der Waals surface area (Å²) in [6.45, 7) is 4.84. The van der Waals surface area contributed by atoms with E-state index in [4.69, 9.17) is 9.47 Å². The predicted octanol–water partition coefficient (Wildman–Crippen LogP) is 3.16. The zero-order valence-electron chi connectivity index (χ0n) is 20.2. The first kappa shape index (κ1) is 24.1. The molecule has 182 valence electrons. The summed E-state index contributed by atoms with van der Waals surface area (Å²) in [4.78, 5) is 32.8. The Morgan fingerprint density at radius 3 is 2.38 bits per heavy atom. The van der Waals surface area contributed by atoms with Gasteiger partial charge in [-0.25, -0.2) is 0 Å². The van der Waals surface area contributed by atoms with Gasteiger partial charge in [-0.1, -0.05) is 24.3 Å². The summed E-state index contributed by atoms with van der Waals surface area (Å²) in [5.74, 6) is 1.56. The molecule has 34 heavy (non-hydrogen) atoms. The van der Waals surface area contributed by atoms with Gasteiger partial charge in [-0.3, -0.25) is 9.59 Å². The van der Waals surface area contributed by atoms with E-state index in [2.05, 4.69) is 11.9 Å². The van der Waals surface area contributed by atoms with Gasteiger partial charge in [0.05, 0.1) is 13.7 Å². The molecule has 4 rings (SSSR count). The number of carbonyl (C=O) groups excluding carboxylic acids is 2. The highest BCUT2D eigenvalue weighted by atomic mass is 16.5. The molecular formula is C27H35N3O4. The normalized spacial score (nSPS) is 21.2. The maximum atomic E-state index is 13.4. The molecule has 2 fully saturated rings. The van der Waals surface area contributed by atoms with Gasteiger partial charge in [-0.2, -0.15) is 0 Å². The zero-order valence-corrected chi connectivity index (χ0v) is 20.2. The Morgan fingerprint density at radius 2 is 1.65 bits per heavy atom. The van der Waals surface area contributed by atoms with Crippen LogP contribution in [-0.2, 0) is 4.79 Å². The predicted molar refractivity (Wildman–Crippen MR) is 131 cm³/mol. The number of carbonyl (C=O) groups is 2. The minimum absolute atomic E-state index is 0.0327. The number of hydrogen-bond donors (Lipinski definition) is 0. The lowest BCUT2D eigenvalue weighted by Crippen LogP contribution is -2.53. The lowest BCUT2D eigenvalue weighted by atomic mass is 9.77. The summed E-state index contributed by atoms with van der Waals surface area (Å²) in [7, 11) is 3.68. The van der Waals surface area contributed by atoms with E-state index >= 15 is 0 Å². The van der Waals surface area contributed by atoms with Crippen LogP contribution in [0.1, 0.15) is 29.6 Å². The van der Waals surface area contributed by atoms with Crippen LogP contribution in [0.5, 0.6) is 11.5 Å². The highest BCUT2D eigenvalue weighted by molar-refractivity contribution is 5.94. The molecule has 1 atom stereocenters. The molecule has 2 aliphatic heterocycles. The number of nitrogens with zero attached hydrogens (tertiary/aromatic N) is 3. The summed E-state index contributed by atoms with van der Waals surface area (Å²) < 4.78 is 11.5. The van der Waals surface area contributed by atoms with Crippen molar-refractivity contribution in [1.82, 2.24) is 14.7 Å². The summed E-state index contributed by atoms with van der Waals surface area (Å²) in [5, 5.41) is 0. The average molecular weight is 466 g/mol. The van der Waals surface area contributed by atoms with E-state index in [0.29, 0.717) is 37.4 Å². The first-order chi connectivity index (χ1) is 16.5. The fraction of sp³-hybridized carbons (Fsp3) is 0.481. The second-order valence-electron chi connectivity index (χ2n) is 9.52. The van der Waals surface area contributed by atoms with Crippen LogP contribution < -0.4 is 9.47 Å². The van der Waals surface area contributed by atoms with E-state index in [-0.39, 0.29) is 11.8 Å². The first-order valence-corrected chi connectivity index (χ1v) is 12.1. The molecule has 0 bridgehead atoms. The van der Waals surface area contributed by atoms with Gasteiger partial charge in [-0.05, 0) is 50.2 Å². The SMILES string of the molecule is COc1cccc(C(=O)N2CCC[C@@](COc3ccccc3)(CC(=O)N3CCN(C)CC3)C2)c1. The molecule has 0 saturated carbocycles. The van der Waals surface area contributed by atoms with Crippen molar-refractivity contribution in [3.63, 3.8) is 0 Å². The standard InChI is InChI=1S/C27H35N3O4/c1-28-14-16-29(17-15-28)25(31)19-27(21-34-23-9-4-3-5-10-23)12-7-13-30(20-27)26(32)22-8-6-11-24(18-22)33-2/h3-6,8-11,18H,7,12-17,19-21H2,1-2H3/t27-/m1/s1. The third-order valence-electron chi connectivity index (χ3n) is 6.94. The van der Waals surface area contributed by atoms with Gasteiger partial charge in [0.1, 0.15) is 11.5 Å². The molecule has 7 nitrogen and oxygen atoms in total. The number of likely N-dealkylation sites (N-methyl/N-ethyl adjacent to an activating group) is 1. The lowest BCUT2D eigenvalue weighted by Gasteiger charge is -2.43. The van der Waals surface area contributed by atoms with Gasteiger partial charge < -0.3 is 24.2 Å². The monoisotopic (exact) mass is 465 g/mol. The molecule has 7 heteroatoms. The number of methoxy groups -OCH3 is 1. The minimum atomic E-state index is -0.428. The molecule has 0 spiro atoms. The van der Waals surface area contributed by atoms with Crippen LogP contribution in [0, 0.1) is 5.41 Å². The van der Waals surface area contributed by atoms with E-state index in [1.165, 1.54) is 0 Å². The fourth-order valence-corrected chi connectivity index (χ4v) is 4.87. The number of rotatable bonds is 7. The molecule has 2 aromatic carbocycles. The van der Waals surface area contributed by atoms with Crippen molar-refractivity contribution in [1.29, 1.82) is 0 Å². The van der Waals surface area contributed by atoms with Crippen LogP contribution in [0.2, 0.25) is 0 Å². The fourth-order valence-electron chi connectivity index (χ4n) is 4.87. The Kier molecular flexibility index (Phi) is 7.73. The number of benzene rings is 2. The van der Waals surface area contributed by atoms with Crippen molar-refractivity contribution >= 4 is 11.8 Å². The average Bonchev–Trinajstić information content (AvgIpc) is 2.88. The smallest absolute Gasteiger partial charge is 0.254 e. The molecule has 2 aromatic rings. The molecule has 0 radical (unpaired) electrons. The van der Waals surface area contributed by atoms with Gasteiger partial charge in [0.15, 0.2) is 0 Å². The van der Waals surface area contributed by atoms with E-state index in [9.17, 15) is 9.59 Å². The highest BCUT2D eigenvalue weighted by Crippen LogP contribution is 2.36. The van der Waals surface area contributed by atoms with Crippen molar-refractivity contribution < 1.29 is 19.1 Å². The van der Waals surface area contributed by atoms with Crippen LogP contribution in [-0.4, -0.2) is 86.5 Å². The molecule has 2 amide bonds. The summed E-state index contributed by atoms with van der Waals surface area (Å²) in [6, 6.07) is 16.9. The quantitative estimate of drug-likeness (QED) is 0.629. The third kappa shape index (κ3) is 5.89. The van der Waals surface area contributed by atoms with Crippen molar-refractivity contribution in [2.75, 3.05) is 60.0 Å². The number of para-hydroxylation sites is 1. The molecule has 0 unspecified atom stereocenters. The number of piperidine rings is 1. The summed E-state index contributed by atoms with van der Waals surface area (Å²) in [6.07, 6.45) is 2.07. The Hall–Kier alpha value is -3.06. The summed E-state index contributed by atoms with van der Waals surface area (Å²) in [5.41, 5.74) is 0.174. The van der Waals surface area contributed by atoms with E-state index in [1.54, 1.807) is 13.2 Å². The number of likely N-dealkylation sites (tertiary alicyclic amines) is 1. The maximum absolute atomic E-state index is 13.4. The van der Waals surface area contributed by atoms with Crippen LogP contribution in [0.4, 0.5) is 0 Å². The van der Waals surface area contributed by atoms with E-state index < -0.39 is 5.41 Å². The van der Waals surface area contributed by atoms with Crippen LogP contribution in [0.15, 0.2) is 54.6 Å². The lowest BCUT2D eigenvalue weighted by molar-refractivity contribution is -0.137. The van der Waals surface area contributed by atoms with Crippen molar-refractivity contribution in [3.8, 4) is 11.5 Å². The number of hydrogen-bond acceptors (Lipinski definition) is 5. The zero-order chi connectivity index (χ0) is 24.0. The molecule has 0 aromatic heterocycles. The Balaban J connectivity index is 1.52. The Labute approximate surface area is 202 Å². The molecule has 0 N–H and O–H groups in total.